The molecule has 1 aliphatic rings. The Kier molecular flexibility index (Phi) is 7.79. The van der Waals surface area contributed by atoms with Crippen molar-refractivity contribution in [3.05, 3.63) is 115 Å². The van der Waals surface area contributed by atoms with Gasteiger partial charge in [0.2, 0.25) is 5.76 Å². The van der Waals surface area contributed by atoms with Crippen molar-refractivity contribution in [2.45, 2.75) is 26.8 Å². The molecule has 3 heterocycles. The molecule has 1 aliphatic heterocycles. The summed E-state index contributed by atoms with van der Waals surface area (Å²) in [5.41, 5.74) is 1.96. The van der Waals surface area contributed by atoms with Crippen LogP contribution in [0.25, 0.3) is 6.08 Å². The van der Waals surface area contributed by atoms with Crippen molar-refractivity contribution >= 4 is 29.4 Å². The number of carbonyl (C=O) groups excluding carboxylic acids is 2. The molecule has 0 fully saturated rings. The smallest absolute Gasteiger partial charge is 0.379 e. The molecule has 0 aliphatic carbocycles. The molecule has 0 radical (unpaired) electrons. The summed E-state index contributed by atoms with van der Waals surface area (Å²) in [6.45, 7) is 5.84. The predicted octanol–water partition coefficient (Wildman–Crippen LogP) is 4.01. The van der Waals surface area contributed by atoms with Gasteiger partial charge in [-0.25, -0.2) is 14.6 Å². The Morgan fingerprint density at radius 3 is 2.52 bits per heavy atom. The third-order valence-corrected chi connectivity index (χ3v) is 7.11. The fourth-order valence-electron chi connectivity index (χ4n) is 4.41. The van der Waals surface area contributed by atoms with E-state index in [4.69, 9.17) is 18.6 Å². The normalized spacial score (nSPS) is 14.9. The topological polar surface area (TPSA) is 109 Å². The number of esters is 2. The van der Waals surface area contributed by atoms with Crippen LogP contribution in [0.3, 0.4) is 0 Å². The molecule has 0 saturated heterocycles. The van der Waals surface area contributed by atoms with Crippen LogP contribution in [0.4, 0.5) is 0 Å². The lowest BCUT2D eigenvalue weighted by molar-refractivity contribution is -0.139. The van der Waals surface area contributed by atoms with Crippen LogP contribution in [0.1, 0.15) is 48.5 Å². The first-order chi connectivity index (χ1) is 19.4. The van der Waals surface area contributed by atoms with E-state index in [0.717, 1.165) is 5.56 Å². The van der Waals surface area contributed by atoms with Crippen molar-refractivity contribution in [3.8, 4) is 11.5 Å². The highest BCUT2D eigenvalue weighted by Crippen LogP contribution is 2.31. The van der Waals surface area contributed by atoms with E-state index >= 15 is 0 Å². The number of thiazole rings is 1. The number of hydrogen-bond donors (Lipinski definition) is 0. The third-order valence-electron chi connectivity index (χ3n) is 6.12. The summed E-state index contributed by atoms with van der Waals surface area (Å²) in [7, 11) is 0. The van der Waals surface area contributed by atoms with Gasteiger partial charge in [-0.2, -0.15) is 0 Å². The molecule has 0 N–H and O–H groups in total. The maximum absolute atomic E-state index is 13.8. The molecule has 5 rings (SSSR count). The van der Waals surface area contributed by atoms with Crippen molar-refractivity contribution in [1.82, 2.24) is 4.57 Å². The number of benzene rings is 2. The summed E-state index contributed by atoms with van der Waals surface area (Å²) in [6, 6.07) is 16.8. The predicted molar refractivity (Wildman–Crippen MR) is 148 cm³/mol. The van der Waals surface area contributed by atoms with E-state index in [1.165, 1.54) is 28.2 Å². The van der Waals surface area contributed by atoms with E-state index in [1.54, 1.807) is 44.2 Å². The van der Waals surface area contributed by atoms with E-state index in [1.807, 2.05) is 37.3 Å². The molecule has 2 aromatic heterocycles. The van der Waals surface area contributed by atoms with Crippen LogP contribution in [0.5, 0.6) is 11.5 Å². The lowest BCUT2D eigenvalue weighted by Gasteiger charge is -2.24. The van der Waals surface area contributed by atoms with Gasteiger partial charge in [-0.15, -0.1) is 0 Å². The summed E-state index contributed by atoms with van der Waals surface area (Å²) < 4.78 is 23.6. The highest BCUT2D eigenvalue weighted by molar-refractivity contribution is 7.07. The maximum atomic E-state index is 13.8. The number of rotatable bonds is 8. The largest absolute Gasteiger partial charge is 0.490 e. The summed E-state index contributed by atoms with van der Waals surface area (Å²) >= 11 is 1.22. The number of hydrogen-bond acceptors (Lipinski definition) is 9. The van der Waals surface area contributed by atoms with Gasteiger partial charge in [-0.3, -0.25) is 9.36 Å². The number of furan rings is 1. The highest BCUT2D eigenvalue weighted by atomic mass is 32.1. The zero-order valence-corrected chi connectivity index (χ0v) is 22.9. The molecule has 2 aromatic carbocycles. The van der Waals surface area contributed by atoms with Crippen LogP contribution >= 0.6 is 11.3 Å². The summed E-state index contributed by atoms with van der Waals surface area (Å²) in [4.78, 5) is 44.2. The van der Waals surface area contributed by atoms with Crippen molar-refractivity contribution in [3.63, 3.8) is 0 Å². The van der Waals surface area contributed by atoms with E-state index in [2.05, 4.69) is 4.99 Å². The molecule has 10 heteroatoms. The fourth-order valence-corrected chi connectivity index (χ4v) is 5.45. The molecule has 4 aromatic rings. The molecule has 0 amide bonds. The van der Waals surface area contributed by atoms with Crippen LogP contribution in [0.15, 0.2) is 92.4 Å². The molecule has 9 nitrogen and oxygen atoms in total. The second kappa shape index (κ2) is 11.6. The number of allylic oxidation sites excluding steroid dienone is 1. The molecule has 1 atom stereocenters. The Labute approximate surface area is 233 Å². The summed E-state index contributed by atoms with van der Waals surface area (Å²) in [5.74, 6) is -0.529. The van der Waals surface area contributed by atoms with E-state index in [-0.39, 0.29) is 23.7 Å². The first-order valence-corrected chi connectivity index (χ1v) is 13.5. The summed E-state index contributed by atoms with van der Waals surface area (Å²) in [6.07, 6.45) is 3.11. The molecule has 40 heavy (non-hydrogen) atoms. The van der Waals surface area contributed by atoms with Gasteiger partial charge in [0.15, 0.2) is 16.3 Å². The van der Waals surface area contributed by atoms with Crippen LogP contribution in [-0.4, -0.2) is 29.7 Å². The van der Waals surface area contributed by atoms with Crippen molar-refractivity contribution in [1.29, 1.82) is 0 Å². The highest BCUT2D eigenvalue weighted by Gasteiger charge is 2.33. The number of carbonyl (C=O) groups is 2. The van der Waals surface area contributed by atoms with Gasteiger partial charge >= 0.3 is 11.9 Å². The van der Waals surface area contributed by atoms with Crippen molar-refractivity contribution in [2.75, 3.05) is 13.2 Å². The first kappa shape index (κ1) is 26.9. The van der Waals surface area contributed by atoms with E-state index < -0.39 is 18.0 Å². The fraction of sp³-hybridized carbons (Fsp3) is 0.200. The minimum absolute atomic E-state index is 0.0677. The number of fused-ring (bicyclic) bond motifs is 1. The molecular weight excluding hydrogens is 532 g/mol. The molecular formula is C30H26N2O7S. The molecule has 0 spiro atoms. The summed E-state index contributed by atoms with van der Waals surface area (Å²) in [5, 5.41) is 0. The Bertz CT molecular complexity index is 1770. The zero-order chi connectivity index (χ0) is 28.2. The Balaban J connectivity index is 1.58. The molecule has 0 saturated carbocycles. The van der Waals surface area contributed by atoms with Gasteiger partial charge in [0.25, 0.3) is 5.56 Å². The van der Waals surface area contributed by atoms with Gasteiger partial charge in [0.1, 0.15) is 0 Å². The van der Waals surface area contributed by atoms with Gasteiger partial charge < -0.3 is 18.6 Å². The average molecular weight is 559 g/mol. The van der Waals surface area contributed by atoms with Gasteiger partial charge in [-0.1, -0.05) is 47.7 Å². The second-order valence-electron chi connectivity index (χ2n) is 8.72. The first-order valence-electron chi connectivity index (χ1n) is 12.7. The third kappa shape index (κ3) is 5.26. The second-order valence-corrected chi connectivity index (χ2v) is 9.73. The lowest BCUT2D eigenvalue weighted by atomic mass is 9.96. The standard InChI is InChI=1S/C30H26N2O7S/c1-4-36-23-16-19(13-14-21(23)39-28(34)22-12-9-15-38-22)17-24-27(33)32-26(20-10-7-6-8-11-20)25(29(35)37-5-2)18(3)31-30(32)40-24/h6-17,26H,4-5H2,1-3H3/b24-17-/t26-/m0/s1. The van der Waals surface area contributed by atoms with Crippen LogP contribution < -0.4 is 24.4 Å². The van der Waals surface area contributed by atoms with E-state index in [9.17, 15) is 14.4 Å². The number of ether oxygens (including phenoxy) is 3. The van der Waals surface area contributed by atoms with Crippen LogP contribution in [0.2, 0.25) is 0 Å². The number of nitrogens with zero attached hydrogens (tertiary/aromatic N) is 2. The molecule has 0 unspecified atom stereocenters. The molecule has 204 valence electrons. The zero-order valence-electron chi connectivity index (χ0n) is 22.1. The minimum Gasteiger partial charge on any atom is -0.490 e. The van der Waals surface area contributed by atoms with Crippen molar-refractivity contribution in [2.24, 2.45) is 4.99 Å². The Morgan fingerprint density at radius 2 is 1.82 bits per heavy atom. The average Bonchev–Trinajstić information content (AvgIpc) is 3.59. The quantitative estimate of drug-likeness (QED) is 0.237. The Morgan fingerprint density at radius 1 is 1.02 bits per heavy atom. The maximum Gasteiger partial charge on any atom is 0.379 e. The monoisotopic (exact) mass is 558 g/mol. The minimum atomic E-state index is -0.680. The number of aromatic nitrogens is 1. The van der Waals surface area contributed by atoms with Gasteiger partial charge in [0, 0.05) is 0 Å². The SMILES string of the molecule is CCOC(=O)C1=C(C)N=c2s/c(=C\c3ccc(OC(=O)c4ccco4)c(OCC)c3)c(=O)n2[C@H]1c1ccccc1. The lowest BCUT2D eigenvalue weighted by Crippen LogP contribution is -2.39. The van der Waals surface area contributed by atoms with E-state index in [0.29, 0.717) is 38.5 Å². The van der Waals surface area contributed by atoms with Crippen LogP contribution in [0, 0.1) is 0 Å². The van der Waals surface area contributed by atoms with Gasteiger partial charge in [0.05, 0.1) is 41.3 Å². The van der Waals surface area contributed by atoms with Crippen LogP contribution in [-0.2, 0) is 9.53 Å². The Hall–Kier alpha value is -4.70. The van der Waals surface area contributed by atoms with Gasteiger partial charge in [-0.05, 0) is 62.2 Å². The van der Waals surface area contributed by atoms with Crippen molar-refractivity contribution < 1.29 is 28.2 Å². The molecule has 0 bridgehead atoms.